The van der Waals surface area contributed by atoms with Crippen LogP contribution in [0.15, 0.2) is 30.3 Å². The molecule has 1 aromatic heterocycles. The number of hydrogen-bond acceptors (Lipinski definition) is 6. The summed E-state index contributed by atoms with van der Waals surface area (Å²) >= 11 is 0. The molecular formula is C23H27FN4O4. The van der Waals surface area contributed by atoms with E-state index in [4.69, 9.17) is 22.0 Å². The number of carbonyl (C=O) groups is 2. The number of ether oxygens (including phenoxy) is 1. The third-order valence-corrected chi connectivity index (χ3v) is 4.76. The van der Waals surface area contributed by atoms with Crippen molar-refractivity contribution in [3.05, 3.63) is 47.4 Å². The third-order valence-electron chi connectivity index (χ3n) is 4.76. The van der Waals surface area contributed by atoms with Crippen LogP contribution in [0.2, 0.25) is 0 Å². The van der Waals surface area contributed by atoms with Crippen LogP contribution < -0.4 is 11.1 Å². The lowest BCUT2D eigenvalue weighted by Gasteiger charge is -2.10. The number of hydrogen-bond donors (Lipinski definition) is 3. The van der Waals surface area contributed by atoms with E-state index in [0.29, 0.717) is 24.1 Å². The van der Waals surface area contributed by atoms with Crippen LogP contribution in [0, 0.1) is 18.2 Å². The largest absolute Gasteiger partial charge is 0.386 e. The summed E-state index contributed by atoms with van der Waals surface area (Å²) in [5, 5.41) is 11.5. The number of likely N-dealkylation sites (tertiary alicyclic amines) is 1. The minimum absolute atomic E-state index is 0.0185. The zero-order valence-electron chi connectivity index (χ0n) is 18.1. The molecule has 0 saturated carbocycles. The molecule has 2 amide bonds. The lowest BCUT2D eigenvalue weighted by molar-refractivity contribution is -0.133. The van der Waals surface area contributed by atoms with E-state index < -0.39 is 17.8 Å². The monoisotopic (exact) mass is 442 g/mol. The van der Waals surface area contributed by atoms with Gasteiger partial charge in [0, 0.05) is 51.0 Å². The second kappa shape index (κ2) is 11.8. The highest BCUT2D eigenvalue weighted by atomic mass is 19.1. The highest BCUT2D eigenvalue weighted by Crippen LogP contribution is 2.25. The number of rotatable bonds is 3. The Bertz CT molecular complexity index is 986. The van der Waals surface area contributed by atoms with Gasteiger partial charge in [0.2, 0.25) is 0 Å². The number of benzene rings is 1. The fourth-order valence-corrected chi connectivity index (χ4v) is 2.77. The molecule has 4 rings (SSSR count). The molecule has 170 valence electrons. The molecule has 0 bridgehead atoms. The lowest BCUT2D eigenvalue weighted by atomic mass is 10.1. The van der Waals surface area contributed by atoms with Gasteiger partial charge in [0.1, 0.15) is 11.8 Å². The first-order valence-corrected chi connectivity index (χ1v) is 10.0. The van der Waals surface area contributed by atoms with Crippen LogP contribution in [0.25, 0.3) is 11.3 Å². The fraction of sp³-hybridized carbons (Fsp3) is 0.348. The van der Waals surface area contributed by atoms with Crippen LogP contribution in [0.3, 0.4) is 0 Å². The molecule has 1 unspecified atom stereocenters. The van der Waals surface area contributed by atoms with E-state index in [9.17, 15) is 14.0 Å². The Balaban J connectivity index is 0.000000245. The van der Waals surface area contributed by atoms with Crippen molar-refractivity contribution < 1.29 is 23.8 Å². The van der Waals surface area contributed by atoms with E-state index in [-0.39, 0.29) is 23.0 Å². The van der Waals surface area contributed by atoms with Gasteiger partial charge in [-0.3, -0.25) is 9.59 Å². The third kappa shape index (κ3) is 6.51. The Morgan fingerprint density at radius 1 is 1.41 bits per heavy atom. The zero-order chi connectivity index (χ0) is 23.7. The summed E-state index contributed by atoms with van der Waals surface area (Å²) < 4.78 is 18.8. The van der Waals surface area contributed by atoms with Gasteiger partial charge in [0.15, 0.2) is 11.5 Å². The number of nitrogens with two attached hydrogens (primary N) is 1. The fourth-order valence-electron chi connectivity index (χ4n) is 2.77. The standard InChI is InChI=1S/C15H12FN3O.C5H9NO2.C3H6O/c1-3-9-5-4-6-10(7-9)13-11(16)8-12(18-2)14(19-13)15(17)20;1-6-3-2-4(7)5(6)8;1-2-4-3-1/h1,4-8,18H,2H3,(H2,17,20);4,7H,2-3H2,1H3;1-3H2. The van der Waals surface area contributed by atoms with Crippen LogP contribution >= 0.6 is 0 Å². The minimum atomic E-state index is -0.733. The summed E-state index contributed by atoms with van der Waals surface area (Å²) in [4.78, 5) is 27.5. The number of terminal acetylenes is 1. The van der Waals surface area contributed by atoms with Crippen molar-refractivity contribution >= 4 is 17.5 Å². The maximum atomic E-state index is 14.1. The van der Waals surface area contributed by atoms with Gasteiger partial charge in [0.05, 0.1) is 5.69 Å². The summed E-state index contributed by atoms with van der Waals surface area (Å²) in [5.41, 5.74) is 6.60. The molecule has 8 nitrogen and oxygen atoms in total. The summed E-state index contributed by atoms with van der Waals surface area (Å²) in [5.74, 6) is 1.02. The molecule has 0 aliphatic carbocycles. The molecular weight excluding hydrogens is 415 g/mol. The average Bonchev–Trinajstić information content (AvgIpc) is 3.03. The molecule has 2 saturated heterocycles. The number of halogens is 1. The van der Waals surface area contributed by atoms with E-state index in [1.807, 2.05) is 0 Å². The lowest BCUT2D eigenvalue weighted by Crippen LogP contribution is -2.24. The van der Waals surface area contributed by atoms with E-state index >= 15 is 0 Å². The Hall–Kier alpha value is -3.48. The van der Waals surface area contributed by atoms with E-state index in [1.165, 1.54) is 17.4 Å². The molecule has 4 N–H and O–H groups in total. The highest BCUT2D eigenvalue weighted by Gasteiger charge is 2.26. The average molecular weight is 442 g/mol. The molecule has 3 heterocycles. The summed E-state index contributed by atoms with van der Waals surface area (Å²) in [7, 11) is 3.25. The Morgan fingerprint density at radius 3 is 2.47 bits per heavy atom. The van der Waals surface area contributed by atoms with Gasteiger partial charge < -0.3 is 25.8 Å². The van der Waals surface area contributed by atoms with Crippen LogP contribution in [0.1, 0.15) is 28.9 Å². The molecule has 9 heteroatoms. The molecule has 0 spiro atoms. The first kappa shape index (κ1) is 24.8. The number of nitrogens with zero attached hydrogens (tertiary/aromatic N) is 2. The molecule has 32 heavy (non-hydrogen) atoms. The van der Waals surface area contributed by atoms with Crippen molar-refractivity contribution in [2.24, 2.45) is 5.73 Å². The summed E-state index contributed by atoms with van der Waals surface area (Å²) in [6.07, 6.45) is 6.46. The van der Waals surface area contributed by atoms with Crippen LogP contribution in [0.4, 0.5) is 10.1 Å². The van der Waals surface area contributed by atoms with Gasteiger partial charge in [-0.25, -0.2) is 9.37 Å². The topological polar surface area (TPSA) is 118 Å². The molecule has 2 aliphatic rings. The maximum absolute atomic E-state index is 14.1. The second-order valence-corrected chi connectivity index (χ2v) is 7.08. The Labute approximate surface area is 186 Å². The molecule has 2 aliphatic heterocycles. The number of amides is 2. The summed E-state index contributed by atoms with van der Waals surface area (Å²) in [6, 6.07) is 7.89. The number of aliphatic hydroxyl groups excluding tert-OH is 1. The number of primary amides is 1. The number of carbonyl (C=O) groups excluding carboxylic acids is 2. The SMILES string of the molecule is C#Cc1cccc(-c2nc(C(N)=O)c(NC)cc2F)c1.C1COC1.CN1CCC(O)C1=O. The predicted octanol–water partition coefficient (Wildman–Crippen LogP) is 1.63. The predicted molar refractivity (Wildman–Crippen MR) is 119 cm³/mol. The van der Waals surface area contributed by atoms with Crippen LogP contribution in [0.5, 0.6) is 0 Å². The van der Waals surface area contributed by atoms with Gasteiger partial charge in [-0.2, -0.15) is 0 Å². The van der Waals surface area contributed by atoms with E-state index in [1.54, 1.807) is 38.4 Å². The number of likely N-dealkylation sites (N-methyl/N-ethyl adjacent to an activating group) is 1. The summed E-state index contributed by atoms with van der Waals surface area (Å²) in [6.45, 7) is 2.69. The van der Waals surface area contributed by atoms with Gasteiger partial charge in [-0.15, -0.1) is 6.42 Å². The zero-order valence-corrected chi connectivity index (χ0v) is 18.1. The number of anilines is 1. The van der Waals surface area contributed by atoms with Gasteiger partial charge in [-0.05, 0) is 25.0 Å². The van der Waals surface area contributed by atoms with Crippen molar-refractivity contribution in [1.29, 1.82) is 0 Å². The van der Waals surface area contributed by atoms with Crippen molar-refractivity contribution in [3.8, 4) is 23.6 Å². The van der Waals surface area contributed by atoms with Crippen molar-refractivity contribution in [1.82, 2.24) is 9.88 Å². The van der Waals surface area contributed by atoms with E-state index in [0.717, 1.165) is 13.2 Å². The van der Waals surface area contributed by atoms with Gasteiger partial charge in [-0.1, -0.05) is 18.1 Å². The smallest absolute Gasteiger partial charge is 0.269 e. The number of nitrogens with one attached hydrogen (secondary N) is 1. The molecule has 2 aromatic rings. The molecule has 2 fully saturated rings. The second-order valence-electron chi connectivity index (χ2n) is 7.08. The normalized spacial score (nSPS) is 16.5. The maximum Gasteiger partial charge on any atom is 0.269 e. The minimum Gasteiger partial charge on any atom is -0.386 e. The highest BCUT2D eigenvalue weighted by molar-refractivity contribution is 5.97. The van der Waals surface area contributed by atoms with Crippen LogP contribution in [-0.2, 0) is 9.53 Å². The first-order chi connectivity index (χ1) is 15.3. The van der Waals surface area contributed by atoms with Gasteiger partial charge in [0.25, 0.3) is 11.8 Å². The Kier molecular flexibility index (Phi) is 9.13. The Morgan fingerprint density at radius 2 is 2.06 bits per heavy atom. The number of aliphatic hydroxyl groups is 1. The van der Waals surface area contributed by atoms with Gasteiger partial charge >= 0.3 is 0 Å². The van der Waals surface area contributed by atoms with Crippen molar-refractivity contribution in [3.63, 3.8) is 0 Å². The quantitative estimate of drug-likeness (QED) is 0.622. The van der Waals surface area contributed by atoms with Crippen molar-refractivity contribution in [2.75, 3.05) is 39.2 Å². The van der Waals surface area contributed by atoms with E-state index in [2.05, 4.69) is 16.2 Å². The first-order valence-electron chi connectivity index (χ1n) is 10.0. The number of pyridine rings is 1. The van der Waals surface area contributed by atoms with Crippen LogP contribution in [-0.4, -0.2) is 66.8 Å². The van der Waals surface area contributed by atoms with Crippen molar-refractivity contribution in [2.45, 2.75) is 18.9 Å². The molecule has 0 radical (unpaired) electrons. The number of aromatic nitrogens is 1. The molecule has 1 aromatic carbocycles. The molecule has 1 atom stereocenters.